The minimum Gasteiger partial charge on any atom is -0.433 e. The topological polar surface area (TPSA) is 57.4 Å². The smallest absolute Gasteiger partial charge is 0.433 e. The highest BCUT2D eigenvalue weighted by Gasteiger charge is 2.32. The molecule has 2 N–H and O–H groups in total. The predicted octanol–water partition coefficient (Wildman–Crippen LogP) is 3.66. The number of hydrogen-bond donors (Lipinski definition) is 1. The van der Waals surface area contributed by atoms with Crippen LogP contribution in [0.3, 0.4) is 0 Å². The van der Waals surface area contributed by atoms with E-state index in [1.165, 1.54) is 24.4 Å². The summed E-state index contributed by atoms with van der Waals surface area (Å²) in [5.41, 5.74) is 6.73. The second-order valence-corrected chi connectivity index (χ2v) is 3.94. The van der Waals surface area contributed by atoms with E-state index < -0.39 is 12.1 Å². The third-order valence-electron chi connectivity index (χ3n) is 2.45. The lowest BCUT2D eigenvalue weighted by atomic mass is 10.2. The van der Waals surface area contributed by atoms with Gasteiger partial charge in [0.25, 0.3) is 0 Å². The quantitative estimate of drug-likeness (QED) is 0.934. The van der Waals surface area contributed by atoms with Gasteiger partial charge in [-0.1, -0.05) is 12.1 Å². The Morgan fingerprint density at radius 1 is 1.10 bits per heavy atom. The monoisotopic (exact) mass is 284 g/mol. The van der Waals surface area contributed by atoms with E-state index in [2.05, 4.69) is 9.72 Å². The van der Waals surface area contributed by atoms with Gasteiger partial charge in [0.15, 0.2) is 11.5 Å². The molecule has 0 atom stereocenters. The number of nitrogens with two attached hydrogens (primary N) is 1. The van der Waals surface area contributed by atoms with E-state index in [1.807, 2.05) is 0 Å². The third kappa shape index (κ3) is 3.31. The normalized spacial score (nSPS) is 11.2. The molecule has 1 aromatic heterocycles. The van der Waals surface area contributed by atoms with Crippen molar-refractivity contribution in [3.8, 4) is 17.4 Å². The summed E-state index contributed by atoms with van der Waals surface area (Å²) in [5.74, 6) is -0.541. The predicted molar refractivity (Wildman–Crippen MR) is 66.6 cm³/mol. The molecule has 0 spiro atoms. The Kier molecular flexibility index (Phi) is 3.69. The van der Waals surface area contributed by atoms with Crippen LogP contribution in [0.15, 0.2) is 36.5 Å². The first kappa shape index (κ1) is 14.0. The highest BCUT2D eigenvalue weighted by atomic mass is 19.4. The average molecular weight is 284 g/mol. The molecule has 1 heterocycles. The van der Waals surface area contributed by atoms with Gasteiger partial charge in [0.1, 0.15) is 0 Å². The molecule has 4 nitrogen and oxygen atoms in total. The molecule has 0 aliphatic heterocycles. The molecule has 0 fully saturated rings. The molecule has 0 amide bonds. The molecule has 7 heteroatoms. The Balaban J connectivity index is 2.32. The Morgan fingerprint density at radius 3 is 2.40 bits per heavy atom. The highest BCUT2D eigenvalue weighted by Crippen LogP contribution is 2.36. The summed E-state index contributed by atoms with van der Waals surface area (Å²) in [7, 11) is 0. The standard InChI is InChI=1S/C13H11F3N2O2/c1-8-6-7-18-12(11(8)17)19-9-4-2-3-5-10(9)20-13(14,15)16/h2-7H,17H2,1H3. The first-order valence-electron chi connectivity index (χ1n) is 5.60. The molecule has 20 heavy (non-hydrogen) atoms. The zero-order valence-corrected chi connectivity index (χ0v) is 10.4. The molecule has 0 saturated carbocycles. The summed E-state index contributed by atoms with van der Waals surface area (Å²) >= 11 is 0. The molecular weight excluding hydrogens is 273 g/mol. The van der Waals surface area contributed by atoms with Crippen LogP contribution < -0.4 is 15.2 Å². The van der Waals surface area contributed by atoms with E-state index in [1.54, 1.807) is 13.0 Å². The van der Waals surface area contributed by atoms with Crippen LogP contribution >= 0.6 is 0 Å². The Morgan fingerprint density at radius 2 is 1.75 bits per heavy atom. The summed E-state index contributed by atoms with van der Waals surface area (Å²) in [6.45, 7) is 1.74. The average Bonchev–Trinajstić information content (AvgIpc) is 2.35. The van der Waals surface area contributed by atoms with Gasteiger partial charge in [0.05, 0.1) is 5.69 Å². The van der Waals surface area contributed by atoms with Crippen molar-refractivity contribution in [3.63, 3.8) is 0 Å². The molecule has 0 aliphatic carbocycles. The highest BCUT2D eigenvalue weighted by molar-refractivity contribution is 5.56. The van der Waals surface area contributed by atoms with Gasteiger partial charge in [-0.15, -0.1) is 13.2 Å². The van der Waals surface area contributed by atoms with Crippen molar-refractivity contribution in [1.82, 2.24) is 4.98 Å². The molecule has 1 aromatic carbocycles. The number of nitrogen functional groups attached to an aromatic ring is 1. The maximum atomic E-state index is 12.3. The van der Waals surface area contributed by atoms with Gasteiger partial charge in [-0.3, -0.25) is 0 Å². The van der Waals surface area contributed by atoms with Crippen LogP contribution in [0.25, 0.3) is 0 Å². The van der Waals surface area contributed by atoms with Crippen molar-refractivity contribution in [3.05, 3.63) is 42.1 Å². The van der Waals surface area contributed by atoms with Gasteiger partial charge in [-0.25, -0.2) is 4.98 Å². The summed E-state index contributed by atoms with van der Waals surface area (Å²) in [5, 5.41) is 0. The van der Waals surface area contributed by atoms with E-state index >= 15 is 0 Å². The van der Waals surface area contributed by atoms with E-state index in [0.29, 0.717) is 5.56 Å². The van der Waals surface area contributed by atoms with Crippen LogP contribution in [-0.2, 0) is 0 Å². The van der Waals surface area contributed by atoms with Crippen LogP contribution in [0.4, 0.5) is 18.9 Å². The number of anilines is 1. The van der Waals surface area contributed by atoms with Crippen molar-refractivity contribution >= 4 is 5.69 Å². The fraction of sp³-hybridized carbons (Fsp3) is 0.154. The number of para-hydroxylation sites is 2. The van der Waals surface area contributed by atoms with Gasteiger partial charge in [-0.05, 0) is 30.7 Å². The number of pyridine rings is 1. The summed E-state index contributed by atoms with van der Waals surface area (Å²) in [4.78, 5) is 3.89. The lowest BCUT2D eigenvalue weighted by Gasteiger charge is -2.14. The van der Waals surface area contributed by atoms with Gasteiger partial charge >= 0.3 is 6.36 Å². The SMILES string of the molecule is Cc1ccnc(Oc2ccccc2OC(F)(F)F)c1N. The molecule has 0 radical (unpaired) electrons. The third-order valence-corrected chi connectivity index (χ3v) is 2.45. The molecule has 0 saturated heterocycles. The summed E-state index contributed by atoms with van der Waals surface area (Å²) in [6, 6.07) is 7.07. The zero-order chi connectivity index (χ0) is 14.8. The van der Waals surface area contributed by atoms with Crippen molar-refractivity contribution in [2.75, 3.05) is 5.73 Å². The zero-order valence-electron chi connectivity index (χ0n) is 10.4. The van der Waals surface area contributed by atoms with E-state index in [-0.39, 0.29) is 17.3 Å². The Labute approximate surface area is 113 Å². The van der Waals surface area contributed by atoms with Crippen LogP contribution in [0.5, 0.6) is 17.4 Å². The van der Waals surface area contributed by atoms with Gasteiger partial charge < -0.3 is 15.2 Å². The largest absolute Gasteiger partial charge is 0.573 e. The lowest BCUT2D eigenvalue weighted by Crippen LogP contribution is -2.17. The minimum atomic E-state index is -4.80. The van der Waals surface area contributed by atoms with Crippen molar-refractivity contribution in [2.24, 2.45) is 0 Å². The van der Waals surface area contributed by atoms with Crippen LogP contribution in [0.1, 0.15) is 5.56 Å². The molecule has 0 unspecified atom stereocenters. The van der Waals surface area contributed by atoms with Crippen LogP contribution in [-0.4, -0.2) is 11.3 Å². The first-order chi connectivity index (χ1) is 9.37. The Hall–Kier alpha value is -2.44. The second-order valence-electron chi connectivity index (χ2n) is 3.94. The van der Waals surface area contributed by atoms with Gasteiger partial charge in [0, 0.05) is 6.20 Å². The maximum Gasteiger partial charge on any atom is 0.573 e. The number of aryl methyl sites for hydroxylation is 1. The first-order valence-corrected chi connectivity index (χ1v) is 5.60. The Bertz CT molecular complexity index is 615. The molecule has 0 aliphatic rings. The van der Waals surface area contributed by atoms with Crippen LogP contribution in [0, 0.1) is 6.92 Å². The molecule has 2 aromatic rings. The number of ether oxygens (including phenoxy) is 2. The number of hydrogen-bond acceptors (Lipinski definition) is 4. The number of halogens is 3. The minimum absolute atomic E-state index is 0.0308. The molecule has 2 rings (SSSR count). The fourth-order valence-electron chi connectivity index (χ4n) is 1.47. The van der Waals surface area contributed by atoms with Crippen molar-refractivity contribution < 1.29 is 22.6 Å². The number of nitrogens with zero attached hydrogens (tertiary/aromatic N) is 1. The van der Waals surface area contributed by atoms with Crippen molar-refractivity contribution in [2.45, 2.75) is 13.3 Å². The van der Waals surface area contributed by atoms with E-state index in [9.17, 15) is 13.2 Å². The van der Waals surface area contributed by atoms with Crippen molar-refractivity contribution in [1.29, 1.82) is 0 Å². The maximum absolute atomic E-state index is 12.3. The molecule has 106 valence electrons. The summed E-state index contributed by atoms with van der Waals surface area (Å²) in [6.07, 6.45) is -3.35. The number of rotatable bonds is 3. The second kappa shape index (κ2) is 5.28. The van der Waals surface area contributed by atoms with E-state index in [0.717, 1.165) is 6.07 Å². The van der Waals surface area contributed by atoms with E-state index in [4.69, 9.17) is 10.5 Å². The molecule has 0 bridgehead atoms. The summed E-state index contributed by atoms with van der Waals surface area (Å²) < 4.78 is 46.0. The van der Waals surface area contributed by atoms with Crippen LogP contribution in [0.2, 0.25) is 0 Å². The van der Waals surface area contributed by atoms with Gasteiger partial charge in [0.2, 0.25) is 5.88 Å². The number of benzene rings is 1. The number of aromatic nitrogens is 1. The lowest BCUT2D eigenvalue weighted by molar-refractivity contribution is -0.275. The fourth-order valence-corrected chi connectivity index (χ4v) is 1.47. The molecular formula is C13H11F3N2O2. The van der Waals surface area contributed by atoms with Gasteiger partial charge in [-0.2, -0.15) is 0 Å². The number of alkyl halides is 3.